The molecule has 0 spiro atoms. The number of carbonyl (C=O) groups excluding carboxylic acids is 5. The van der Waals surface area contributed by atoms with Crippen LogP contribution in [0, 0.1) is 0 Å². The van der Waals surface area contributed by atoms with Crippen molar-refractivity contribution >= 4 is 29.8 Å². The zero-order valence-electron chi connectivity index (χ0n) is 26.5. The van der Waals surface area contributed by atoms with Crippen molar-refractivity contribution in [1.29, 1.82) is 0 Å². The van der Waals surface area contributed by atoms with E-state index in [4.69, 9.17) is 28.4 Å². The number of esters is 5. The molecule has 1 rings (SSSR count). The van der Waals surface area contributed by atoms with Crippen molar-refractivity contribution in [3.8, 4) is 0 Å². The van der Waals surface area contributed by atoms with Crippen LogP contribution in [-0.4, -0.2) is 84.8 Å². The maximum absolute atomic E-state index is 12.2. The lowest BCUT2D eigenvalue weighted by molar-refractivity contribution is -0.256. The Bertz CT molecular complexity index is 860. The highest BCUT2D eigenvalue weighted by Crippen LogP contribution is 2.31. The van der Waals surface area contributed by atoms with E-state index >= 15 is 0 Å². The molecule has 1 fully saturated rings. The molecule has 1 aliphatic heterocycles. The van der Waals surface area contributed by atoms with Crippen LogP contribution < -0.4 is 0 Å². The van der Waals surface area contributed by atoms with Gasteiger partial charge in [-0.05, 0) is 6.42 Å². The zero-order valence-corrected chi connectivity index (χ0v) is 26.5. The smallest absolute Gasteiger partial charge is 0.305 e. The first-order valence-corrected chi connectivity index (χ1v) is 15.6. The zero-order chi connectivity index (χ0) is 32.2. The molecule has 1 heterocycles. The molecule has 0 aromatic rings. The molecule has 0 radical (unpaired) electrons. The second-order valence-electron chi connectivity index (χ2n) is 11.1. The van der Waals surface area contributed by atoms with Crippen LogP contribution in [0.2, 0.25) is 0 Å². The number of hydrogen-bond acceptors (Lipinski definition) is 12. The summed E-state index contributed by atoms with van der Waals surface area (Å²) in [4.78, 5) is 59.4. The molecule has 1 saturated heterocycles. The molecule has 0 aromatic heterocycles. The molecular weight excluding hydrogens is 564 g/mol. The van der Waals surface area contributed by atoms with Crippen molar-refractivity contribution in [3.05, 3.63) is 0 Å². The van der Waals surface area contributed by atoms with Crippen LogP contribution in [0.4, 0.5) is 0 Å². The van der Waals surface area contributed by atoms with Gasteiger partial charge < -0.3 is 33.5 Å². The Morgan fingerprint density at radius 2 is 1.09 bits per heavy atom. The van der Waals surface area contributed by atoms with Crippen LogP contribution in [0.15, 0.2) is 0 Å². The maximum Gasteiger partial charge on any atom is 0.305 e. The van der Waals surface area contributed by atoms with Crippen molar-refractivity contribution in [3.63, 3.8) is 0 Å². The summed E-state index contributed by atoms with van der Waals surface area (Å²) in [5.74, 6) is -3.27. The number of aliphatic hydroxyl groups excluding tert-OH is 1. The van der Waals surface area contributed by atoms with E-state index in [1.165, 1.54) is 51.9 Å². The molecule has 1 unspecified atom stereocenters. The molecule has 12 heteroatoms. The average molecular weight is 617 g/mol. The number of hydrogen-bond donors (Lipinski definition) is 1. The predicted molar refractivity (Wildman–Crippen MR) is 155 cm³/mol. The van der Waals surface area contributed by atoms with Crippen molar-refractivity contribution in [2.24, 2.45) is 0 Å². The molecule has 6 atom stereocenters. The van der Waals surface area contributed by atoms with Crippen molar-refractivity contribution in [2.45, 2.75) is 155 Å². The van der Waals surface area contributed by atoms with E-state index in [-0.39, 0.29) is 26.1 Å². The van der Waals surface area contributed by atoms with Crippen LogP contribution in [-0.2, 0) is 52.4 Å². The second kappa shape index (κ2) is 21.9. The lowest BCUT2D eigenvalue weighted by atomic mass is 9.91. The van der Waals surface area contributed by atoms with E-state index in [9.17, 15) is 29.1 Å². The first kappa shape index (κ1) is 38.3. The van der Waals surface area contributed by atoms with E-state index in [2.05, 4.69) is 6.92 Å². The molecule has 0 amide bonds. The molecular formula is C31H52O12. The van der Waals surface area contributed by atoms with Crippen LogP contribution in [0.3, 0.4) is 0 Å². The fraction of sp³-hybridized carbons (Fsp3) is 0.839. The number of unbranched alkanes of at least 4 members (excludes halogenated alkanes) is 10. The van der Waals surface area contributed by atoms with Crippen molar-refractivity contribution < 1.29 is 57.5 Å². The topological polar surface area (TPSA) is 161 Å². The minimum absolute atomic E-state index is 0.190. The van der Waals surface area contributed by atoms with Gasteiger partial charge in [-0.1, -0.05) is 71.1 Å². The number of aliphatic hydroxyl groups is 1. The Hall–Kier alpha value is -2.73. The van der Waals surface area contributed by atoms with Gasteiger partial charge in [-0.25, -0.2) is 0 Å². The van der Waals surface area contributed by atoms with Gasteiger partial charge in [0.2, 0.25) is 0 Å². The second-order valence-corrected chi connectivity index (χ2v) is 11.1. The first-order chi connectivity index (χ1) is 20.4. The summed E-state index contributed by atoms with van der Waals surface area (Å²) in [7, 11) is 0. The molecule has 0 bridgehead atoms. The Kier molecular flexibility index (Phi) is 19.5. The molecule has 43 heavy (non-hydrogen) atoms. The molecule has 1 N–H and O–H groups in total. The van der Waals surface area contributed by atoms with Crippen molar-refractivity contribution in [1.82, 2.24) is 0 Å². The summed E-state index contributed by atoms with van der Waals surface area (Å²) >= 11 is 0. The maximum atomic E-state index is 12.2. The van der Waals surface area contributed by atoms with Crippen LogP contribution in [0.25, 0.3) is 0 Å². The SMILES string of the molecule is CCCCCCCCCCCCCC(=O)OCC(O)C[C@@H]1O[C@H](COC(C)=O)[C@H](OC(C)=O)[C@H](OC(C)=O)[C@H]1OC(C)=O. The first-order valence-electron chi connectivity index (χ1n) is 15.6. The van der Waals surface area contributed by atoms with Gasteiger partial charge in [-0.2, -0.15) is 0 Å². The lowest BCUT2D eigenvalue weighted by Gasteiger charge is -2.44. The highest BCUT2D eigenvalue weighted by Gasteiger charge is 2.52. The third-order valence-corrected chi connectivity index (χ3v) is 7.01. The summed E-state index contributed by atoms with van der Waals surface area (Å²) in [6.45, 7) is 6.11. The normalized spacial score (nSPS) is 22.2. The molecule has 0 aromatic carbocycles. The van der Waals surface area contributed by atoms with Gasteiger partial charge in [0.05, 0.1) is 6.10 Å². The largest absolute Gasteiger partial charge is 0.463 e. The fourth-order valence-electron chi connectivity index (χ4n) is 5.04. The summed E-state index contributed by atoms with van der Waals surface area (Å²) in [5.41, 5.74) is 0. The summed E-state index contributed by atoms with van der Waals surface area (Å²) in [6, 6.07) is 0. The van der Waals surface area contributed by atoms with Gasteiger partial charge in [0.15, 0.2) is 18.3 Å². The standard InChI is InChI=1S/C31H52O12/c1-6-7-8-9-10-11-12-13-14-15-16-17-28(37)39-19-25(36)18-26-29(40-22(3)33)31(42-24(5)35)30(41-23(4)34)27(43-26)20-38-21(2)32/h25-27,29-31,36H,6-20H2,1-5H3/t25?,26-,27+,29-,30-,31+/m0/s1. The van der Waals surface area contributed by atoms with E-state index in [1.54, 1.807) is 0 Å². The number of ether oxygens (including phenoxy) is 6. The van der Waals surface area contributed by atoms with Gasteiger partial charge in [0.1, 0.15) is 25.4 Å². The molecule has 1 aliphatic rings. The molecule has 248 valence electrons. The van der Waals surface area contributed by atoms with E-state index in [0.29, 0.717) is 6.42 Å². The van der Waals surface area contributed by atoms with E-state index < -0.39 is 66.5 Å². The van der Waals surface area contributed by atoms with Gasteiger partial charge in [-0.3, -0.25) is 24.0 Å². The monoisotopic (exact) mass is 616 g/mol. The van der Waals surface area contributed by atoms with Gasteiger partial charge >= 0.3 is 29.8 Å². The van der Waals surface area contributed by atoms with Gasteiger partial charge in [-0.15, -0.1) is 0 Å². The predicted octanol–water partition coefficient (Wildman–Crippen LogP) is 4.11. The van der Waals surface area contributed by atoms with Crippen LogP contribution in [0.1, 0.15) is 118 Å². The molecule has 0 saturated carbocycles. The Morgan fingerprint density at radius 3 is 1.58 bits per heavy atom. The molecule has 0 aliphatic carbocycles. The molecule has 12 nitrogen and oxygen atoms in total. The lowest BCUT2D eigenvalue weighted by Crippen LogP contribution is -2.62. The minimum atomic E-state index is -1.32. The quantitative estimate of drug-likeness (QED) is 0.112. The van der Waals surface area contributed by atoms with E-state index in [1.807, 2.05) is 0 Å². The third kappa shape index (κ3) is 17.2. The highest BCUT2D eigenvalue weighted by atomic mass is 16.7. The number of carbonyl (C=O) groups is 5. The fourth-order valence-corrected chi connectivity index (χ4v) is 5.04. The van der Waals surface area contributed by atoms with Crippen LogP contribution in [0.5, 0.6) is 0 Å². The summed E-state index contributed by atoms with van der Waals surface area (Å²) in [6.07, 6.45) is 5.54. The Balaban J connectivity index is 2.67. The van der Waals surface area contributed by atoms with Gasteiger partial charge in [0.25, 0.3) is 0 Å². The highest BCUT2D eigenvalue weighted by molar-refractivity contribution is 5.69. The Morgan fingerprint density at radius 1 is 0.628 bits per heavy atom. The summed E-state index contributed by atoms with van der Waals surface area (Å²) in [5, 5.41) is 10.7. The van der Waals surface area contributed by atoms with E-state index in [0.717, 1.165) is 40.0 Å². The number of rotatable bonds is 21. The van der Waals surface area contributed by atoms with Gasteiger partial charge in [0, 0.05) is 40.5 Å². The Labute approximate surface area is 255 Å². The third-order valence-electron chi connectivity index (χ3n) is 7.01. The van der Waals surface area contributed by atoms with Crippen LogP contribution >= 0.6 is 0 Å². The van der Waals surface area contributed by atoms with Crippen molar-refractivity contribution in [2.75, 3.05) is 13.2 Å². The summed E-state index contributed by atoms with van der Waals surface area (Å²) < 4.78 is 32.4. The average Bonchev–Trinajstić information content (AvgIpc) is 2.92. The minimum Gasteiger partial charge on any atom is -0.463 e.